The summed E-state index contributed by atoms with van der Waals surface area (Å²) in [5, 5.41) is 3.13. The molecule has 1 aromatic rings. The number of amides is 2. The Morgan fingerprint density at radius 1 is 1.33 bits per heavy atom. The molecule has 1 aliphatic heterocycles. The summed E-state index contributed by atoms with van der Waals surface area (Å²) >= 11 is 1.71. The van der Waals surface area contributed by atoms with E-state index in [1.54, 1.807) is 23.9 Å². The van der Waals surface area contributed by atoms with E-state index in [2.05, 4.69) is 5.32 Å². The lowest BCUT2D eigenvalue weighted by atomic mass is 10.2. The molecule has 4 nitrogen and oxygen atoms in total. The molecule has 1 atom stereocenters. The quantitative estimate of drug-likeness (QED) is 0.643. The van der Waals surface area contributed by atoms with Crippen LogP contribution in [0.5, 0.6) is 0 Å². The summed E-state index contributed by atoms with van der Waals surface area (Å²) in [5.41, 5.74) is 0.654. The number of thioether (sulfide) groups is 1. The minimum atomic E-state index is -0.371. The molecule has 2 rings (SSSR count). The summed E-state index contributed by atoms with van der Waals surface area (Å²) in [7, 11) is 0. The van der Waals surface area contributed by atoms with Crippen LogP contribution >= 0.6 is 11.8 Å². The highest BCUT2D eigenvalue weighted by Crippen LogP contribution is 2.22. The lowest BCUT2D eigenvalue weighted by Gasteiger charge is -2.15. The topological polar surface area (TPSA) is 49.4 Å². The van der Waals surface area contributed by atoms with Gasteiger partial charge < -0.3 is 5.32 Å². The molecule has 0 aromatic heterocycles. The molecule has 1 heterocycles. The highest BCUT2D eigenvalue weighted by molar-refractivity contribution is 7.98. The van der Waals surface area contributed by atoms with Gasteiger partial charge in [0.2, 0.25) is 5.91 Å². The highest BCUT2D eigenvalue weighted by atomic mass is 32.2. The lowest BCUT2D eigenvalue weighted by molar-refractivity contribution is -0.121. The zero-order valence-corrected chi connectivity index (χ0v) is 11.1. The van der Waals surface area contributed by atoms with E-state index in [1.165, 1.54) is 4.90 Å². The van der Waals surface area contributed by atoms with E-state index < -0.39 is 0 Å². The Morgan fingerprint density at radius 2 is 2.06 bits per heavy atom. The number of benzene rings is 1. The van der Waals surface area contributed by atoms with Crippen molar-refractivity contribution in [2.75, 3.05) is 23.5 Å². The zero-order chi connectivity index (χ0) is 13.0. The maximum atomic E-state index is 12.1. The third kappa shape index (κ3) is 2.73. The van der Waals surface area contributed by atoms with Crippen LogP contribution in [0.25, 0.3) is 0 Å². The van der Waals surface area contributed by atoms with E-state index in [0.29, 0.717) is 5.69 Å². The predicted octanol–water partition coefficient (Wildman–Crippen LogP) is 1.27. The molecule has 5 heteroatoms. The maximum Gasteiger partial charge on any atom is 0.251 e. The summed E-state index contributed by atoms with van der Waals surface area (Å²) in [4.78, 5) is 25.3. The number of para-hydroxylation sites is 1. The molecule has 0 saturated carbocycles. The van der Waals surface area contributed by atoms with Crippen molar-refractivity contribution in [2.45, 2.75) is 12.5 Å². The van der Waals surface area contributed by atoms with E-state index in [1.807, 2.05) is 24.5 Å². The van der Waals surface area contributed by atoms with Gasteiger partial charge in [-0.3, -0.25) is 9.59 Å². The van der Waals surface area contributed by atoms with Gasteiger partial charge in [-0.1, -0.05) is 18.2 Å². The lowest BCUT2D eigenvalue weighted by Crippen LogP contribution is -2.39. The first-order valence-corrected chi connectivity index (χ1v) is 7.27. The SMILES string of the molecule is CSCCNC1CC(=O)N(c2ccccc2)C1=O. The van der Waals surface area contributed by atoms with Crippen LogP contribution in [0.4, 0.5) is 5.69 Å². The summed E-state index contributed by atoms with van der Waals surface area (Å²) in [6.45, 7) is 0.744. The Balaban J connectivity index is 2.06. The second-order valence-corrected chi connectivity index (χ2v) is 5.09. The van der Waals surface area contributed by atoms with Crippen molar-refractivity contribution < 1.29 is 9.59 Å². The molecule has 1 N–H and O–H groups in total. The number of hydrogen-bond donors (Lipinski definition) is 1. The number of nitrogens with zero attached hydrogens (tertiary/aromatic N) is 1. The number of carbonyl (C=O) groups excluding carboxylic acids is 2. The molecular weight excluding hydrogens is 248 g/mol. The third-order valence-corrected chi connectivity index (χ3v) is 3.47. The van der Waals surface area contributed by atoms with Gasteiger partial charge >= 0.3 is 0 Å². The molecule has 96 valence electrons. The van der Waals surface area contributed by atoms with Gasteiger partial charge in [0.05, 0.1) is 18.2 Å². The standard InChI is InChI=1S/C13H16N2O2S/c1-18-8-7-14-11-9-12(16)15(13(11)17)10-5-3-2-4-6-10/h2-6,11,14H,7-9H2,1H3. The Kier molecular flexibility index (Phi) is 4.38. The van der Waals surface area contributed by atoms with Gasteiger partial charge in [0.15, 0.2) is 0 Å². The maximum absolute atomic E-state index is 12.1. The summed E-state index contributed by atoms with van der Waals surface area (Å²) < 4.78 is 0. The van der Waals surface area contributed by atoms with E-state index in [9.17, 15) is 9.59 Å². The molecule has 2 amide bonds. The monoisotopic (exact) mass is 264 g/mol. The van der Waals surface area contributed by atoms with E-state index in [-0.39, 0.29) is 24.3 Å². The predicted molar refractivity (Wildman–Crippen MR) is 73.7 cm³/mol. The van der Waals surface area contributed by atoms with Crippen molar-refractivity contribution in [1.29, 1.82) is 0 Å². The van der Waals surface area contributed by atoms with Crippen LogP contribution in [-0.2, 0) is 9.59 Å². The van der Waals surface area contributed by atoms with Crippen molar-refractivity contribution in [1.82, 2.24) is 5.32 Å². The van der Waals surface area contributed by atoms with E-state index >= 15 is 0 Å². The number of rotatable bonds is 5. The van der Waals surface area contributed by atoms with Gasteiger partial charge in [0.25, 0.3) is 5.91 Å². The van der Waals surface area contributed by atoms with Crippen LogP contribution in [0.15, 0.2) is 30.3 Å². The average Bonchev–Trinajstić information content (AvgIpc) is 2.66. The third-order valence-electron chi connectivity index (χ3n) is 2.86. The Morgan fingerprint density at radius 3 is 2.72 bits per heavy atom. The molecule has 0 spiro atoms. The fourth-order valence-corrected chi connectivity index (χ4v) is 2.30. The van der Waals surface area contributed by atoms with Crippen molar-refractivity contribution in [2.24, 2.45) is 0 Å². The fourth-order valence-electron chi connectivity index (χ4n) is 1.97. The van der Waals surface area contributed by atoms with Gasteiger partial charge in [0.1, 0.15) is 0 Å². The highest BCUT2D eigenvalue weighted by Gasteiger charge is 2.38. The van der Waals surface area contributed by atoms with Crippen LogP contribution in [0.1, 0.15) is 6.42 Å². The van der Waals surface area contributed by atoms with Gasteiger partial charge in [-0.15, -0.1) is 0 Å². The smallest absolute Gasteiger partial charge is 0.251 e. The summed E-state index contributed by atoms with van der Waals surface area (Å²) in [5.74, 6) is 0.656. The molecule has 0 bridgehead atoms. The second kappa shape index (κ2) is 6.02. The van der Waals surface area contributed by atoms with Crippen LogP contribution < -0.4 is 10.2 Å². The molecule has 1 saturated heterocycles. The Labute approximate surface area is 111 Å². The molecule has 1 aromatic carbocycles. The average molecular weight is 264 g/mol. The first-order chi connectivity index (χ1) is 8.74. The van der Waals surface area contributed by atoms with Gasteiger partial charge in [-0.2, -0.15) is 11.8 Å². The molecule has 0 radical (unpaired) electrons. The van der Waals surface area contributed by atoms with Crippen LogP contribution in [0.2, 0.25) is 0 Å². The Bertz CT molecular complexity index is 436. The largest absolute Gasteiger partial charge is 0.305 e. The molecular formula is C13H16N2O2S. The molecule has 18 heavy (non-hydrogen) atoms. The summed E-state index contributed by atoms with van der Waals surface area (Å²) in [6.07, 6.45) is 2.27. The van der Waals surface area contributed by atoms with Crippen LogP contribution in [0, 0.1) is 0 Å². The van der Waals surface area contributed by atoms with Crippen molar-refractivity contribution >= 4 is 29.3 Å². The molecule has 0 aliphatic carbocycles. The first-order valence-electron chi connectivity index (χ1n) is 5.88. The normalized spacial score (nSPS) is 19.6. The second-order valence-electron chi connectivity index (χ2n) is 4.11. The molecule has 1 unspecified atom stereocenters. The number of anilines is 1. The van der Waals surface area contributed by atoms with Crippen LogP contribution in [0.3, 0.4) is 0 Å². The number of imide groups is 1. The van der Waals surface area contributed by atoms with Gasteiger partial charge in [0, 0.05) is 12.3 Å². The van der Waals surface area contributed by atoms with E-state index in [4.69, 9.17) is 0 Å². The van der Waals surface area contributed by atoms with Crippen molar-refractivity contribution in [3.05, 3.63) is 30.3 Å². The van der Waals surface area contributed by atoms with Gasteiger partial charge in [-0.25, -0.2) is 4.90 Å². The minimum absolute atomic E-state index is 0.132. The number of hydrogen-bond acceptors (Lipinski definition) is 4. The number of carbonyl (C=O) groups is 2. The van der Waals surface area contributed by atoms with Crippen LogP contribution in [-0.4, -0.2) is 36.4 Å². The Hall–Kier alpha value is -1.33. The fraction of sp³-hybridized carbons (Fsp3) is 0.385. The first kappa shape index (κ1) is 13.1. The van der Waals surface area contributed by atoms with Gasteiger partial charge in [-0.05, 0) is 18.4 Å². The van der Waals surface area contributed by atoms with Crippen molar-refractivity contribution in [3.63, 3.8) is 0 Å². The van der Waals surface area contributed by atoms with Crippen molar-refractivity contribution in [3.8, 4) is 0 Å². The van der Waals surface area contributed by atoms with E-state index in [0.717, 1.165) is 12.3 Å². The number of nitrogens with one attached hydrogen (secondary N) is 1. The summed E-state index contributed by atoms with van der Waals surface area (Å²) in [6, 6.07) is 8.70. The zero-order valence-electron chi connectivity index (χ0n) is 10.3. The molecule has 1 fully saturated rings. The molecule has 1 aliphatic rings. The minimum Gasteiger partial charge on any atom is -0.305 e.